The first-order valence-corrected chi connectivity index (χ1v) is 8.76. The fourth-order valence-corrected chi connectivity index (χ4v) is 3.38. The van der Waals surface area contributed by atoms with Crippen LogP contribution >= 0.6 is 11.8 Å². The van der Waals surface area contributed by atoms with Gasteiger partial charge in [0.25, 0.3) is 5.91 Å². The highest BCUT2D eigenvalue weighted by atomic mass is 32.2. The molecule has 0 fully saturated rings. The van der Waals surface area contributed by atoms with Crippen LogP contribution in [0.15, 0.2) is 47.4 Å². The second kappa shape index (κ2) is 7.57. The first-order valence-electron chi connectivity index (χ1n) is 7.77. The van der Waals surface area contributed by atoms with Crippen LogP contribution in [0.25, 0.3) is 0 Å². The Morgan fingerprint density at radius 2 is 1.96 bits per heavy atom. The van der Waals surface area contributed by atoms with Gasteiger partial charge in [-0.15, -0.1) is 11.8 Å². The van der Waals surface area contributed by atoms with E-state index in [1.807, 2.05) is 0 Å². The maximum absolute atomic E-state index is 13.1. The number of hydrogen-bond donors (Lipinski definition) is 3. The fraction of sp³-hybridized carbons (Fsp3) is 0.167. The Hall–Kier alpha value is -2.87. The van der Waals surface area contributed by atoms with Crippen LogP contribution in [0.4, 0.5) is 10.1 Å². The maximum Gasteiger partial charge on any atom is 0.305 e. The Morgan fingerprint density at radius 1 is 1.23 bits per heavy atom. The molecule has 8 heteroatoms. The Morgan fingerprint density at radius 3 is 2.65 bits per heavy atom. The number of carboxylic acid groups (broad SMARTS) is 1. The molecule has 1 atom stereocenters. The summed E-state index contributed by atoms with van der Waals surface area (Å²) in [6.45, 7) is 0. The number of carboxylic acids is 1. The number of thioether (sulfide) groups is 1. The van der Waals surface area contributed by atoms with Crippen LogP contribution in [-0.2, 0) is 9.59 Å². The molecule has 0 saturated heterocycles. The lowest BCUT2D eigenvalue weighted by Crippen LogP contribution is -2.30. The third-order valence-corrected chi connectivity index (χ3v) is 4.90. The van der Waals surface area contributed by atoms with Crippen LogP contribution in [0.5, 0.6) is 0 Å². The topological polar surface area (TPSA) is 95.5 Å². The summed E-state index contributed by atoms with van der Waals surface area (Å²) in [5.74, 6) is -1.84. The quantitative estimate of drug-likeness (QED) is 0.748. The molecule has 0 bridgehead atoms. The van der Waals surface area contributed by atoms with Gasteiger partial charge in [0, 0.05) is 10.5 Å². The Labute approximate surface area is 152 Å². The number of carbonyl (C=O) groups is 3. The third kappa shape index (κ3) is 4.20. The van der Waals surface area contributed by atoms with Crippen molar-refractivity contribution >= 4 is 35.2 Å². The van der Waals surface area contributed by atoms with Gasteiger partial charge in [-0.2, -0.15) is 0 Å². The average molecular weight is 374 g/mol. The zero-order chi connectivity index (χ0) is 18.7. The summed E-state index contributed by atoms with van der Waals surface area (Å²) in [6.07, 6.45) is -0.338. The number of nitrogens with one attached hydrogen (secondary N) is 2. The van der Waals surface area contributed by atoms with E-state index in [1.165, 1.54) is 36.0 Å². The van der Waals surface area contributed by atoms with Crippen molar-refractivity contribution in [3.8, 4) is 0 Å². The van der Waals surface area contributed by atoms with Crippen molar-refractivity contribution in [2.45, 2.75) is 17.4 Å². The minimum atomic E-state index is -1.09. The van der Waals surface area contributed by atoms with Crippen molar-refractivity contribution in [2.24, 2.45) is 0 Å². The monoisotopic (exact) mass is 374 g/mol. The van der Waals surface area contributed by atoms with E-state index in [4.69, 9.17) is 5.11 Å². The Balaban J connectivity index is 1.81. The van der Waals surface area contributed by atoms with Gasteiger partial charge in [0.2, 0.25) is 5.91 Å². The third-order valence-electron chi connectivity index (χ3n) is 3.83. The molecule has 1 aliphatic rings. The molecule has 0 spiro atoms. The van der Waals surface area contributed by atoms with Gasteiger partial charge in [-0.3, -0.25) is 14.4 Å². The van der Waals surface area contributed by atoms with Crippen molar-refractivity contribution in [3.05, 3.63) is 59.4 Å². The first-order chi connectivity index (χ1) is 12.4. The molecule has 2 aromatic carbocycles. The number of rotatable bonds is 5. The van der Waals surface area contributed by atoms with Crippen LogP contribution in [0.1, 0.15) is 28.4 Å². The number of benzene rings is 2. The predicted octanol–water partition coefficient (Wildman–Crippen LogP) is 2.82. The summed E-state index contributed by atoms with van der Waals surface area (Å²) in [5.41, 5.74) is 1.34. The minimum Gasteiger partial charge on any atom is -0.481 e. The number of halogens is 1. The van der Waals surface area contributed by atoms with Gasteiger partial charge in [0.05, 0.1) is 23.9 Å². The second-order valence-electron chi connectivity index (χ2n) is 5.72. The molecule has 0 radical (unpaired) electrons. The average Bonchev–Trinajstić information content (AvgIpc) is 2.60. The van der Waals surface area contributed by atoms with Crippen molar-refractivity contribution in [2.75, 3.05) is 11.1 Å². The van der Waals surface area contributed by atoms with Crippen LogP contribution < -0.4 is 10.6 Å². The van der Waals surface area contributed by atoms with E-state index in [0.717, 1.165) is 4.90 Å². The molecule has 6 nitrogen and oxygen atoms in total. The highest BCUT2D eigenvalue weighted by Crippen LogP contribution is 2.32. The molecule has 0 saturated carbocycles. The lowest BCUT2D eigenvalue weighted by Gasteiger charge is -2.19. The minimum absolute atomic E-state index is 0.143. The number of anilines is 1. The number of fused-ring (bicyclic) bond motifs is 1. The van der Waals surface area contributed by atoms with Gasteiger partial charge in [-0.25, -0.2) is 4.39 Å². The van der Waals surface area contributed by atoms with E-state index < -0.39 is 23.7 Å². The van der Waals surface area contributed by atoms with Gasteiger partial charge in [-0.05, 0) is 35.9 Å². The van der Waals surface area contributed by atoms with E-state index in [0.29, 0.717) is 22.6 Å². The lowest BCUT2D eigenvalue weighted by molar-refractivity contribution is -0.137. The van der Waals surface area contributed by atoms with E-state index in [2.05, 4.69) is 10.6 Å². The molecule has 1 heterocycles. The van der Waals surface area contributed by atoms with Crippen LogP contribution in [0, 0.1) is 5.82 Å². The summed E-state index contributed by atoms with van der Waals surface area (Å²) >= 11 is 1.38. The van der Waals surface area contributed by atoms with Gasteiger partial charge < -0.3 is 15.7 Å². The summed E-state index contributed by atoms with van der Waals surface area (Å²) in [5, 5.41) is 14.5. The zero-order valence-electron chi connectivity index (χ0n) is 13.5. The van der Waals surface area contributed by atoms with Crippen molar-refractivity contribution in [3.63, 3.8) is 0 Å². The van der Waals surface area contributed by atoms with E-state index in [9.17, 15) is 18.8 Å². The molecule has 26 heavy (non-hydrogen) atoms. The normalized spacial score (nSPS) is 14.1. The van der Waals surface area contributed by atoms with E-state index in [-0.39, 0.29) is 12.3 Å². The molecular formula is C18H15FN2O4S. The van der Waals surface area contributed by atoms with Crippen LogP contribution in [0.2, 0.25) is 0 Å². The first kappa shape index (κ1) is 17.9. The zero-order valence-corrected chi connectivity index (χ0v) is 14.3. The number of amides is 2. The highest BCUT2D eigenvalue weighted by Gasteiger charge is 2.21. The Kier molecular flexibility index (Phi) is 5.22. The molecule has 0 aliphatic carbocycles. The van der Waals surface area contributed by atoms with Crippen molar-refractivity contribution in [1.29, 1.82) is 0 Å². The van der Waals surface area contributed by atoms with E-state index in [1.54, 1.807) is 18.2 Å². The second-order valence-corrected chi connectivity index (χ2v) is 6.74. The maximum atomic E-state index is 13.1. The molecule has 1 unspecified atom stereocenters. The molecule has 1 aliphatic heterocycles. The standard InChI is InChI=1S/C18H15FN2O4S/c19-12-4-1-10(2-5-12)13(8-17(23)24)21-18(25)11-3-6-15-14(7-11)20-16(22)9-26-15/h1-7,13H,8-9H2,(H,20,22)(H,21,25)(H,23,24). The molecule has 2 amide bonds. The summed E-state index contributed by atoms with van der Waals surface area (Å²) in [6, 6.07) is 9.39. The smallest absolute Gasteiger partial charge is 0.305 e. The molecule has 3 rings (SSSR count). The lowest BCUT2D eigenvalue weighted by atomic mass is 10.0. The number of carbonyl (C=O) groups excluding carboxylic acids is 2. The molecular weight excluding hydrogens is 359 g/mol. The predicted molar refractivity (Wildman–Crippen MR) is 94.7 cm³/mol. The molecule has 2 aromatic rings. The summed E-state index contributed by atoms with van der Waals surface area (Å²) in [7, 11) is 0. The SMILES string of the molecule is O=C(O)CC(NC(=O)c1ccc2c(c1)NC(=O)CS2)c1ccc(F)cc1. The molecule has 134 valence electrons. The largest absolute Gasteiger partial charge is 0.481 e. The van der Waals surface area contributed by atoms with E-state index >= 15 is 0 Å². The molecule has 3 N–H and O–H groups in total. The summed E-state index contributed by atoms with van der Waals surface area (Å²) < 4.78 is 13.1. The van der Waals surface area contributed by atoms with Gasteiger partial charge in [0.15, 0.2) is 0 Å². The van der Waals surface area contributed by atoms with Gasteiger partial charge in [-0.1, -0.05) is 12.1 Å². The summed E-state index contributed by atoms with van der Waals surface area (Å²) in [4.78, 5) is 36.0. The van der Waals surface area contributed by atoms with Gasteiger partial charge in [0.1, 0.15) is 5.82 Å². The van der Waals surface area contributed by atoms with Gasteiger partial charge >= 0.3 is 5.97 Å². The van der Waals surface area contributed by atoms with Crippen molar-refractivity contribution < 1.29 is 23.9 Å². The van der Waals surface area contributed by atoms with Crippen LogP contribution in [0.3, 0.4) is 0 Å². The van der Waals surface area contributed by atoms with Crippen molar-refractivity contribution in [1.82, 2.24) is 5.32 Å². The fourth-order valence-electron chi connectivity index (χ4n) is 2.59. The number of aliphatic carboxylic acids is 1. The molecule has 0 aromatic heterocycles. The highest BCUT2D eigenvalue weighted by molar-refractivity contribution is 8.00. The van der Waals surface area contributed by atoms with Crippen LogP contribution in [-0.4, -0.2) is 28.6 Å². The number of hydrogen-bond acceptors (Lipinski definition) is 4. The Bertz CT molecular complexity index is 870.